The van der Waals surface area contributed by atoms with Gasteiger partial charge in [0.05, 0.1) is 17.9 Å². The molecule has 0 unspecified atom stereocenters. The number of carboxylic acid groups (broad SMARTS) is 1. The van der Waals surface area contributed by atoms with E-state index < -0.39 is 12.0 Å². The first kappa shape index (κ1) is 27.7. The third-order valence-electron chi connectivity index (χ3n) is 4.14. The van der Waals surface area contributed by atoms with Crippen LogP contribution >= 0.6 is 11.8 Å². The molecule has 9 nitrogen and oxygen atoms in total. The lowest BCUT2D eigenvalue weighted by Crippen LogP contribution is -2.30. The number of likely N-dealkylation sites (tertiary alicyclic amines) is 1. The van der Waals surface area contributed by atoms with E-state index in [-0.39, 0.29) is 11.7 Å². The average Bonchev–Trinajstić information content (AvgIpc) is 3.37. The molecule has 3 rings (SSSR count). The molecule has 6 N–H and O–H groups in total. The van der Waals surface area contributed by atoms with Gasteiger partial charge in [0.2, 0.25) is 0 Å². The second-order valence-corrected chi connectivity index (χ2v) is 7.16. The zero-order valence-corrected chi connectivity index (χ0v) is 18.6. The van der Waals surface area contributed by atoms with Gasteiger partial charge in [0.1, 0.15) is 11.6 Å². The number of thioether (sulfide) groups is 1. The van der Waals surface area contributed by atoms with Crippen molar-refractivity contribution < 1.29 is 15.0 Å². The normalized spacial score (nSPS) is 16.3. The maximum Gasteiger partial charge on any atom is 0.320 e. The molecular formula is C20H33N5O4S. The number of hydrogen-bond acceptors (Lipinski definition) is 7. The minimum absolute atomic E-state index is 0.150. The smallest absolute Gasteiger partial charge is 0.320 e. The van der Waals surface area contributed by atoms with Crippen LogP contribution in [-0.2, 0) is 11.3 Å². The van der Waals surface area contributed by atoms with Crippen LogP contribution in [0.4, 0.5) is 0 Å². The largest absolute Gasteiger partial charge is 0.480 e. The van der Waals surface area contributed by atoms with Gasteiger partial charge in [-0.25, -0.2) is 4.98 Å². The molecule has 2 aromatic rings. The number of nitrogens with one attached hydrogen (secondary N) is 2. The maximum atomic E-state index is 11.5. The van der Waals surface area contributed by atoms with Gasteiger partial charge in [-0.3, -0.25) is 14.5 Å². The van der Waals surface area contributed by atoms with Gasteiger partial charge in [-0.2, -0.15) is 11.8 Å². The molecule has 1 fully saturated rings. The topological polar surface area (TPSA) is 148 Å². The van der Waals surface area contributed by atoms with Crippen molar-refractivity contribution in [2.75, 3.05) is 25.1 Å². The standard InChI is InChI=1S/C11H14N4O2.C5H11NO2S.C2H6.C2H2/c16-8-1-2-15(5-8)4-7-3-12-10-9(7)13-6-14-11(10)17;1-9-3-2-4(6)5(7)8;2*1-2/h3,6,8,12,16H,1-2,4-5H2,(H,13,14,17);4H,2-3,6H2,1H3,(H,7,8);1-2H3;1-2H/t8-;4-;;/m00../s1. The van der Waals surface area contributed by atoms with Crippen LogP contribution in [0.25, 0.3) is 11.0 Å². The van der Waals surface area contributed by atoms with Gasteiger partial charge in [0, 0.05) is 31.4 Å². The predicted octanol–water partition coefficient (Wildman–Crippen LogP) is 1.24. The van der Waals surface area contributed by atoms with Crippen LogP contribution in [0.3, 0.4) is 0 Å². The number of carbonyl (C=O) groups is 1. The van der Waals surface area contributed by atoms with E-state index in [2.05, 4.69) is 32.7 Å². The third kappa shape index (κ3) is 9.00. The number of aromatic amines is 2. The summed E-state index contributed by atoms with van der Waals surface area (Å²) in [5.74, 6) is -0.1000. The number of aromatic nitrogens is 3. The average molecular weight is 440 g/mol. The highest BCUT2D eigenvalue weighted by Gasteiger charge is 2.21. The number of aliphatic carboxylic acids is 1. The zero-order chi connectivity index (χ0) is 23.1. The number of nitrogens with two attached hydrogens (primary N) is 1. The second kappa shape index (κ2) is 15.5. The monoisotopic (exact) mass is 439 g/mol. The summed E-state index contributed by atoms with van der Waals surface area (Å²) in [6.07, 6.45) is 14.3. The molecule has 0 spiro atoms. The Hall–Kier alpha value is -2.32. The highest BCUT2D eigenvalue weighted by atomic mass is 32.2. The Morgan fingerprint density at radius 1 is 1.43 bits per heavy atom. The fourth-order valence-corrected chi connectivity index (χ4v) is 3.18. The van der Waals surface area contributed by atoms with Gasteiger partial charge in [0.15, 0.2) is 0 Å². The van der Waals surface area contributed by atoms with E-state index in [1.807, 2.05) is 26.3 Å². The molecule has 10 heteroatoms. The zero-order valence-electron chi connectivity index (χ0n) is 17.8. The highest BCUT2D eigenvalue weighted by Crippen LogP contribution is 2.17. The molecule has 168 valence electrons. The van der Waals surface area contributed by atoms with Crippen molar-refractivity contribution in [3.05, 3.63) is 28.4 Å². The first-order chi connectivity index (χ1) is 14.4. The summed E-state index contributed by atoms with van der Waals surface area (Å²) >= 11 is 1.60. The number of nitrogens with zero attached hydrogens (tertiary/aromatic N) is 2. The van der Waals surface area contributed by atoms with E-state index in [1.54, 1.807) is 11.8 Å². The van der Waals surface area contributed by atoms with Gasteiger partial charge in [-0.05, 0) is 24.9 Å². The summed E-state index contributed by atoms with van der Waals surface area (Å²) in [5, 5.41) is 17.7. The minimum atomic E-state index is -0.913. The fraction of sp³-hybridized carbons (Fsp3) is 0.550. The molecule has 0 aromatic carbocycles. The number of β-amino-alcohol motifs (C(OH)–C–C–N with tert-alkyl or cyclic N) is 1. The van der Waals surface area contributed by atoms with Crippen molar-refractivity contribution in [1.29, 1.82) is 0 Å². The van der Waals surface area contributed by atoms with Gasteiger partial charge in [-0.15, -0.1) is 12.8 Å². The van der Waals surface area contributed by atoms with Crippen LogP contribution in [0.15, 0.2) is 17.3 Å². The van der Waals surface area contributed by atoms with Crippen LogP contribution in [-0.4, -0.2) is 73.3 Å². The molecule has 1 saturated heterocycles. The third-order valence-corrected chi connectivity index (χ3v) is 4.78. The van der Waals surface area contributed by atoms with Gasteiger partial charge in [-0.1, -0.05) is 13.8 Å². The Morgan fingerprint density at radius 3 is 2.63 bits per heavy atom. The van der Waals surface area contributed by atoms with Crippen molar-refractivity contribution in [2.45, 2.75) is 45.4 Å². The molecule has 2 atom stereocenters. The number of aliphatic hydroxyl groups excluding tert-OH is 1. The molecule has 3 heterocycles. The Bertz CT molecular complexity index is 820. The number of rotatable bonds is 6. The molecule has 0 bridgehead atoms. The van der Waals surface area contributed by atoms with Crippen LogP contribution in [0.5, 0.6) is 0 Å². The number of hydrogen-bond donors (Lipinski definition) is 5. The fourth-order valence-electron chi connectivity index (χ4n) is 2.69. The number of terminal acetylenes is 1. The molecule has 0 saturated carbocycles. The first-order valence-electron chi connectivity index (χ1n) is 9.67. The predicted molar refractivity (Wildman–Crippen MR) is 122 cm³/mol. The summed E-state index contributed by atoms with van der Waals surface area (Å²) in [6, 6.07) is -0.683. The molecule has 0 radical (unpaired) electrons. The SMILES string of the molecule is C#C.CC.CSCC[C@H](N)C(=O)O.O=c1[nH]cnc2c(CN3CC[C@H](O)C3)c[nH]c12. The number of fused-ring (bicyclic) bond motifs is 1. The summed E-state index contributed by atoms with van der Waals surface area (Å²) < 4.78 is 0. The highest BCUT2D eigenvalue weighted by molar-refractivity contribution is 7.98. The molecule has 1 aliphatic rings. The lowest BCUT2D eigenvalue weighted by atomic mass is 10.2. The Balaban J connectivity index is 0.000000555. The van der Waals surface area contributed by atoms with Crippen LogP contribution in [0.1, 0.15) is 32.3 Å². The molecule has 30 heavy (non-hydrogen) atoms. The van der Waals surface area contributed by atoms with E-state index in [9.17, 15) is 14.7 Å². The Kier molecular flexibility index (Phi) is 14.3. The lowest BCUT2D eigenvalue weighted by Gasteiger charge is -2.13. The van der Waals surface area contributed by atoms with Crippen molar-refractivity contribution in [2.24, 2.45) is 5.73 Å². The van der Waals surface area contributed by atoms with E-state index in [1.165, 1.54) is 6.33 Å². The molecular weight excluding hydrogens is 406 g/mol. The van der Waals surface area contributed by atoms with Crippen molar-refractivity contribution in [3.8, 4) is 12.8 Å². The van der Waals surface area contributed by atoms with Crippen LogP contribution in [0, 0.1) is 12.8 Å². The second-order valence-electron chi connectivity index (χ2n) is 6.17. The summed E-state index contributed by atoms with van der Waals surface area (Å²) in [6.45, 7) is 6.29. The summed E-state index contributed by atoms with van der Waals surface area (Å²) in [7, 11) is 0. The maximum absolute atomic E-state index is 11.5. The van der Waals surface area contributed by atoms with Crippen LogP contribution in [0.2, 0.25) is 0 Å². The van der Waals surface area contributed by atoms with E-state index >= 15 is 0 Å². The Labute approximate surface area is 181 Å². The van der Waals surface area contributed by atoms with Crippen molar-refractivity contribution in [1.82, 2.24) is 19.9 Å². The number of carboxylic acids is 1. The van der Waals surface area contributed by atoms with Gasteiger partial charge < -0.3 is 25.9 Å². The summed E-state index contributed by atoms with van der Waals surface area (Å²) in [5.41, 5.74) is 7.27. The van der Waals surface area contributed by atoms with E-state index in [4.69, 9.17) is 10.8 Å². The van der Waals surface area contributed by atoms with E-state index in [0.29, 0.717) is 25.0 Å². The lowest BCUT2D eigenvalue weighted by molar-refractivity contribution is -0.138. The van der Waals surface area contributed by atoms with E-state index in [0.717, 1.165) is 29.8 Å². The van der Waals surface area contributed by atoms with Gasteiger partial charge >= 0.3 is 5.97 Å². The van der Waals surface area contributed by atoms with Gasteiger partial charge in [0.25, 0.3) is 5.56 Å². The minimum Gasteiger partial charge on any atom is -0.480 e. The van der Waals surface area contributed by atoms with Crippen molar-refractivity contribution >= 4 is 28.8 Å². The number of H-pyrrole nitrogens is 2. The molecule has 0 aliphatic carbocycles. The summed E-state index contributed by atoms with van der Waals surface area (Å²) in [4.78, 5) is 33.4. The first-order valence-corrected chi connectivity index (χ1v) is 11.1. The molecule has 2 aromatic heterocycles. The van der Waals surface area contributed by atoms with Crippen molar-refractivity contribution in [3.63, 3.8) is 0 Å². The number of aliphatic hydroxyl groups is 1. The molecule has 1 aliphatic heterocycles. The quantitative estimate of drug-likeness (QED) is 0.422. The van der Waals surface area contributed by atoms with Crippen LogP contribution < -0.4 is 11.3 Å². The molecule has 0 amide bonds. The Morgan fingerprint density at radius 2 is 2.10 bits per heavy atom.